The largest absolute Gasteiger partial charge is 0.504 e. The molecule has 3 fully saturated rings. The van der Waals surface area contributed by atoms with Gasteiger partial charge < -0.3 is 44.8 Å². The predicted octanol–water partition coefficient (Wildman–Crippen LogP) is -0.990. The molecule has 2 aliphatic carbocycles. The Kier molecular flexibility index (Phi) is 5.44. The Labute approximate surface area is 207 Å². The van der Waals surface area contributed by atoms with Crippen LogP contribution < -0.4 is 4.74 Å². The Balaban J connectivity index is 1.39. The molecule has 0 amide bonds. The first kappa shape index (κ1) is 24.1. The van der Waals surface area contributed by atoms with Crippen molar-refractivity contribution in [3.8, 4) is 11.5 Å². The number of carbonyl (C=O) groups is 1. The fraction of sp³-hybridized carbons (Fsp3) is 0.640. The number of carboxylic acid groups (broad SMARTS) is 1. The molecule has 1 saturated carbocycles. The highest BCUT2D eigenvalue weighted by atomic mass is 16.7. The summed E-state index contributed by atoms with van der Waals surface area (Å²) in [5.74, 6) is -1.22. The number of carboxylic acids is 1. The molecule has 196 valence electrons. The third kappa shape index (κ3) is 2.96. The SMILES string of the molecule is C=CCN1CC[C@]23c4c5ccc(O)c4O[C@H]2[C@@H](O[C@@H]2O[C@H](C(=O)O)[C@@H](O)[C@H](O)[C@H]2O)CC[C@@]3(O)[C@H]1C5. The zero-order chi connectivity index (χ0) is 25.6. The molecule has 5 aliphatic rings. The van der Waals surface area contributed by atoms with E-state index < -0.39 is 59.9 Å². The third-order valence-corrected chi connectivity index (χ3v) is 9.00. The van der Waals surface area contributed by atoms with Crippen molar-refractivity contribution in [3.63, 3.8) is 0 Å². The van der Waals surface area contributed by atoms with E-state index >= 15 is 0 Å². The van der Waals surface area contributed by atoms with Crippen molar-refractivity contribution in [3.05, 3.63) is 35.9 Å². The maximum absolute atomic E-state index is 12.3. The van der Waals surface area contributed by atoms with Gasteiger partial charge in [0, 0.05) is 18.2 Å². The number of likely N-dealkylation sites (tertiary alicyclic amines) is 1. The van der Waals surface area contributed by atoms with Gasteiger partial charge in [-0.3, -0.25) is 4.90 Å². The molecule has 6 N–H and O–H groups in total. The lowest BCUT2D eigenvalue weighted by Gasteiger charge is -2.64. The molecule has 11 heteroatoms. The molecule has 2 bridgehead atoms. The van der Waals surface area contributed by atoms with Crippen molar-refractivity contribution in [1.82, 2.24) is 4.90 Å². The van der Waals surface area contributed by atoms with Crippen molar-refractivity contribution >= 4 is 5.97 Å². The summed E-state index contributed by atoms with van der Waals surface area (Å²) in [7, 11) is 0. The Morgan fingerprint density at radius 1 is 1.22 bits per heavy atom. The molecule has 10 atom stereocenters. The van der Waals surface area contributed by atoms with Crippen molar-refractivity contribution < 1.29 is 49.6 Å². The summed E-state index contributed by atoms with van der Waals surface area (Å²) < 4.78 is 17.8. The van der Waals surface area contributed by atoms with E-state index in [1.54, 1.807) is 6.07 Å². The van der Waals surface area contributed by atoms with Gasteiger partial charge in [-0.2, -0.15) is 0 Å². The number of hydrogen-bond acceptors (Lipinski definition) is 10. The maximum atomic E-state index is 12.3. The molecule has 1 aromatic rings. The number of piperidine rings is 1. The zero-order valence-electron chi connectivity index (χ0n) is 19.6. The monoisotopic (exact) mass is 505 g/mol. The van der Waals surface area contributed by atoms with E-state index in [1.165, 1.54) is 0 Å². The van der Waals surface area contributed by atoms with E-state index in [2.05, 4.69) is 11.5 Å². The molecule has 2 saturated heterocycles. The Hall–Kier alpha value is -2.25. The molecular formula is C25H31NO10. The minimum Gasteiger partial charge on any atom is -0.504 e. The normalized spacial score (nSPS) is 45.0. The van der Waals surface area contributed by atoms with Crippen molar-refractivity contribution in [2.45, 2.75) is 85.7 Å². The standard InChI is InChI=1S/C25H31NO10/c1-2-8-26-9-7-24-15-11-3-4-12(27)19(15)35-21(24)13(5-6-25(24,33)14(26)10-11)34-23-18(30)16(28)17(29)20(36-23)22(31)32/h2-4,13-14,16-18,20-21,23,27-30,33H,1,5-10H2,(H,31,32)/t13-,14+,16-,17-,18+,20-,21-,23+,24-,25+/m0/s1. The smallest absolute Gasteiger partial charge is 0.335 e. The molecule has 36 heavy (non-hydrogen) atoms. The molecule has 11 nitrogen and oxygen atoms in total. The Morgan fingerprint density at radius 2 is 2.00 bits per heavy atom. The highest BCUT2D eigenvalue weighted by Crippen LogP contribution is 2.65. The second-order valence-corrected chi connectivity index (χ2v) is 10.6. The van der Waals surface area contributed by atoms with Crippen LogP contribution in [-0.2, 0) is 26.1 Å². The molecule has 0 aromatic heterocycles. The fourth-order valence-corrected chi connectivity index (χ4v) is 7.45. The number of aromatic hydroxyl groups is 1. The highest BCUT2D eigenvalue weighted by molar-refractivity contribution is 5.73. The molecule has 1 aromatic carbocycles. The second-order valence-electron chi connectivity index (χ2n) is 10.6. The molecule has 6 rings (SSSR count). The number of phenols is 1. The van der Waals surface area contributed by atoms with Gasteiger partial charge in [0.2, 0.25) is 0 Å². The minimum absolute atomic E-state index is 0.0379. The molecule has 3 aliphatic heterocycles. The van der Waals surface area contributed by atoms with Gasteiger partial charge in [-0.25, -0.2) is 4.79 Å². The molecular weight excluding hydrogens is 474 g/mol. The second kappa shape index (κ2) is 8.12. The average molecular weight is 506 g/mol. The van der Waals surface area contributed by atoms with Crippen LogP contribution in [0.1, 0.15) is 30.4 Å². The Morgan fingerprint density at radius 3 is 2.72 bits per heavy atom. The van der Waals surface area contributed by atoms with E-state index in [-0.39, 0.29) is 11.8 Å². The first-order valence-electron chi connectivity index (χ1n) is 12.3. The number of nitrogens with zero attached hydrogens (tertiary/aromatic N) is 1. The summed E-state index contributed by atoms with van der Waals surface area (Å²) in [6.45, 7) is 5.14. The summed E-state index contributed by atoms with van der Waals surface area (Å²) in [5.41, 5.74) is -0.324. The van der Waals surface area contributed by atoms with Crippen LogP contribution in [0, 0.1) is 0 Å². The minimum atomic E-state index is -1.83. The van der Waals surface area contributed by atoms with E-state index in [0.29, 0.717) is 44.5 Å². The summed E-state index contributed by atoms with van der Waals surface area (Å²) >= 11 is 0. The van der Waals surface area contributed by atoms with Gasteiger partial charge in [0.1, 0.15) is 24.4 Å². The molecule has 1 spiro atoms. The lowest BCUT2D eigenvalue weighted by Crippen LogP contribution is -2.77. The van der Waals surface area contributed by atoms with Gasteiger partial charge in [-0.1, -0.05) is 12.1 Å². The van der Waals surface area contributed by atoms with Crippen LogP contribution in [0.15, 0.2) is 24.8 Å². The molecule has 3 heterocycles. The van der Waals surface area contributed by atoms with Crippen LogP contribution >= 0.6 is 0 Å². The number of hydrogen-bond donors (Lipinski definition) is 6. The lowest BCUT2D eigenvalue weighted by molar-refractivity contribution is -0.320. The van der Waals surface area contributed by atoms with Crippen LogP contribution in [0.4, 0.5) is 0 Å². The fourth-order valence-electron chi connectivity index (χ4n) is 7.45. The number of ether oxygens (including phenoxy) is 3. The van der Waals surface area contributed by atoms with Crippen molar-refractivity contribution in [2.75, 3.05) is 13.1 Å². The average Bonchev–Trinajstić information content (AvgIpc) is 3.20. The van der Waals surface area contributed by atoms with E-state index in [4.69, 9.17) is 14.2 Å². The van der Waals surface area contributed by atoms with E-state index in [9.17, 15) is 35.4 Å². The van der Waals surface area contributed by atoms with Crippen LogP contribution in [-0.4, -0.2) is 109 Å². The zero-order valence-corrected chi connectivity index (χ0v) is 19.6. The van der Waals surface area contributed by atoms with Crippen LogP contribution in [0.5, 0.6) is 11.5 Å². The lowest BCUT2D eigenvalue weighted by atomic mass is 9.48. The van der Waals surface area contributed by atoms with E-state index in [0.717, 1.165) is 11.1 Å². The van der Waals surface area contributed by atoms with Crippen molar-refractivity contribution in [1.29, 1.82) is 0 Å². The number of aliphatic hydroxyl groups is 4. The maximum Gasteiger partial charge on any atom is 0.335 e. The number of aliphatic hydroxyl groups excluding tert-OH is 3. The van der Waals surface area contributed by atoms with Gasteiger partial charge in [-0.15, -0.1) is 6.58 Å². The molecule has 0 radical (unpaired) electrons. The van der Waals surface area contributed by atoms with Crippen molar-refractivity contribution in [2.24, 2.45) is 0 Å². The summed E-state index contributed by atoms with van der Waals surface area (Å²) in [4.78, 5) is 13.8. The quantitative estimate of drug-likeness (QED) is 0.272. The number of rotatable bonds is 5. The number of phenolic OH excluding ortho intramolecular Hbond substituents is 1. The van der Waals surface area contributed by atoms with Gasteiger partial charge in [-0.05, 0) is 43.9 Å². The first-order chi connectivity index (χ1) is 17.1. The van der Waals surface area contributed by atoms with Gasteiger partial charge in [0.25, 0.3) is 0 Å². The topological polar surface area (TPSA) is 169 Å². The van der Waals surface area contributed by atoms with E-state index in [1.807, 2.05) is 12.1 Å². The highest BCUT2D eigenvalue weighted by Gasteiger charge is 2.73. The predicted molar refractivity (Wildman–Crippen MR) is 121 cm³/mol. The van der Waals surface area contributed by atoms with Crippen LogP contribution in [0.3, 0.4) is 0 Å². The third-order valence-electron chi connectivity index (χ3n) is 9.00. The van der Waals surface area contributed by atoms with Gasteiger partial charge in [0.05, 0.1) is 17.1 Å². The van der Waals surface area contributed by atoms with Crippen LogP contribution in [0.25, 0.3) is 0 Å². The van der Waals surface area contributed by atoms with Crippen LogP contribution in [0.2, 0.25) is 0 Å². The summed E-state index contributed by atoms with van der Waals surface area (Å²) in [6, 6.07) is 3.24. The Bertz CT molecular complexity index is 1100. The summed E-state index contributed by atoms with van der Waals surface area (Å²) in [5, 5.41) is 63.2. The first-order valence-corrected chi connectivity index (χ1v) is 12.3. The number of benzene rings is 1. The van der Waals surface area contributed by atoms with Gasteiger partial charge in [0.15, 0.2) is 23.9 Å². The number of aliphatic carboxylic acids is 1. The molecule has 0 unspecified atom stereocenters. The summed E-state index contributed by atoms with van der Waals surface area (Å²) in [6.07, 6.45) is -6.60. The van der Waals surface area contributed by atoms with Gasteiger partial charge >= 0.3 is 5.97 Å².